The van der Waals surface area contributed by atoms with Crippen LogP contribution in [-0.2, 0) is 4.74 Å². The van der Waals surface area contributed by atoms with Gasteiger partial charge in [-0.3, -0.25) is 17.7 Å². The van der Waals surface area contributed by atoms with Crippen molar-refractivity contribution in [2.24, 2.45) is 5.92 Å². The predicted octanol–water partition coefficient (Wildman–Crippen LogP) is 4.77. The second-order valence-corrected chi connectivity index (χ2v) is 9.07. The van der Waals surface area contributed by atoms with Crippen molar-refractivity contribution in [3.8, 4) is 11.1 Å². The molecule has 1 aliphatic heterocycles. The predicted molar refractivity (Wildman–Crippen MR) is 105 cm³/mol. The van der Waals surface area contributed by atoms with Crippen LogP contribution in [-0.4, -0.2) is 41.7 Å². The number of halogens is 3. The first-order valence-corrected chi connectivity index (χ1v) is 10.2. The number of methoxy groups -OCH3 is 1. The summed E-state index contributed by atoms with van der Waals surface area (Å²) >= 11 is 0. The second-order valence-electron chi connectivity index (χ2n) is 7.10. The zero-order valence-electron chi connectivity index (χ0n) is 15.6. The van der Waals surface area contributed by atoms with Gasteiger partial charge < -0.3 is 4.74 Å². The molecule has 1 saturated carbocycles. The Morgan fingerprint density at radius 1 is 1.24 bits per heavy atom. The first-order valence-electron chi connectivity index (χ1n) is 8.76. The normalized spacial score (nSPS) is 22.2. The van der Waals surface area contributed by atoms with Crippen molar-refractivity contribution in [2.75, 3.05) is 29.3 Å². The summed E-state index contributed by atoms with van der Waals surface area (Å²) in [6.07, 6.45) is -0.290. The Morgan fingerprint density at radius 3 is 2.55 bits per heavy atom. The molecule has 29 heavy (non-hydrogen) atoms. The summed E-state index contributed by atoms with van der Waals surface area (Å²) in [7, 11) is -0.844. The van der Waals surface area contributed by atoms with E-state index in [-0.39, 0.29) is 24.1 Å². The first-order chi connectivity index (χ1) is 13.6. The van der Waals surface area contributed by atoms with Gasteiger partial charge in [0.15, 0.2) is 0 Å². The third kappa shape index (κ3) is 3.21. The summed E-state index contributed by atoms with van der Waals surface area (Å²) in [5.74, 6) is -4.93. The standard InChI is InChI=1S/C19H19F3N2O4S/c1-23-17-8-11(14-7-12(18(25)28-2)3-5-15(14)20)4-6-16(17)24(29(23,26)27)10-13-9-19(13,21)22/h3-8,13,26-27H,9-10H2,1-2H3. The molecule has 1 heterocycles. The van der Waals surface area contributed by atoms with Crippen molar-refractivity contribution in [1.82, 2.24) is 0 Å². The molecule has 1 unspecified atom stereocenters. The smallest absolute Gasteiger partial charge is 0.337 e. The maximum Gasteiger partial charge on any atom is 0.337 e. The fraction of sp³-hybridized carbons (Fsp3) is 0.316. The zero-order valence-corrected chi connectivity index (χ0v) is 16.4. The number of fused-ring (bicyclic) bond motifs is 1. The summed E-state index contributed by atoms with van der Waals surface area (Å²) in [4.78, 5) is 11.8. The third-order valence-electron chi connectivity index (χ3n) is 5.29. The lowest BCUT2D eigenvalue weighted by molar-refractivity contribution is 0.0600. The average molecular weight is 428 g/mol. The van der Waals surface area contributed by atoms with E-state index in [1.165, 1.54) is 47.0 Å². The van der Waals surface area contributed by atoms with Gasteiger partial charge in [-0.2, -0.15) is 0 Å². The molecule has 0 bridgehead atoms. The number of carbonyl (C=O) groups excluding carboxylic acids is 1. The van der Waals surface area contributed by atoms with Crippen LogP contribution in [0.25, 0.3) is 11.1 Å². The molecule has 1 atom stereocenters. The van der Waals surface area contributed by atoms with Gasteiger partial charge >= 0.3 is 5.97 Å². The molecule has 6 nitrogen and oxygen atoms in total. The van der Waals surface area contributed by atoms with E-state index >= 15 is 0 Å². The van der Waals surface area contributed by atoms with Crippen LogP contribution < -0.4 is 8.61 Å². The van der Waals surface area contributed by atoms with E-state index in [1.807, 2.05) is 0 Å². The minimum Gasteiger partial charge on any atom is -0.465 e. The number of nitrogens with zero attached hydrogens (tertiary/aromatic N) is 2. The van der Waals surface area contributed by atoms with Crippen LogP contribution in [0.3, 0.4) is 0 Å². The van der Waals surface area contributed by atoms with Gasteiger partial charge in [0.2, 0.25) is 0 Å². The summed E-state index contributed by atoms with van der Waals surface area (Å²) in [5, 5.41) is 0. The molecule has 4 rings (SSSR count). The Bertz CT molecular complexity index is 1000. The van der Waals surface area contributed by atoms with Gasteiger partial charge in [-0.25, -0.2) is 18.0 Å². The summed E-state index contributed by atoms with van der Waals surface area (Å²) in [6.45, 7) is -0.196. The molecule has 0 aromatic heterocycles. The monoisotopic (exact) mass is 428 g/mol. The molecule has 156 valence electrons. The van der Waals surface area contributed by atoms with Crippen molar-refractivity contribution in [3.05, 3.63) is 47.8 Å². The molecular formula is C19H19F3N2O4S. The largest absolute Gasteiger partial charge is 0.465 e. The lowest BCUT2D eigenvalue weighted by Gasteiger charge is -2.42. The number of alkyl halides is 2. The fourth-order valence-corrected chi connectivity index (χ4v) is 4.93. The highest BCUT2D eigenvalue weighted by Gasteiger charge is 2.59. The van der Waals surface area contributed by atoms with E-state index in [0.29, 0.717) is 16.9 Å². The summed E-state index contributed by atoms with van der Waals surface area (Å²) < 4.78 is 69.3. The van der Waals surface area contributed by atoms with E-state index in [4.69, 9.17) is 0 Å². The van der Waals surface area contributed by atoms with Crippen LogP contribution in [0.1, 0.15) is 16.8 Å². The number of carbonyl (C=O) groups is 1. The lowest BCUT2D eigenvalue weighted by Crippen LogP contribution is -2.33. The Labute approximate surface area is 167 Å². The minimum atomic E-state index is -3.50. The van der Waals surface area contributed by atoms with Gasteiger partial charge in [0.05, 0.1) is 24.0 Å². The third-order valence-corrected chi connectivity index (χ3v) is 7.16. The molecule has 2 aromatic rings. The topological polar surface area (TPSA) is 73.2 Å². The number of rotatable bonds is 4. The molecule has 2 aliphatic rings. The van der Waals surface area contributed by atoms with Crippen molar-refractivity contribution in [3.63, 3.8) is 0 Å². The van der Waals surface area contributed by atoms with Gasteiger partial charge in [-0.1, -0.05) is 6.07 Å². The van der Waals surface area contributed by atoms with E-state index < -0.39 is 34.6 Å². The van der Waals surface area contributed by atoms with Gasteiger partial charge in [0, 0.05) is 31.5 Å². The zero-order chi connectivity index (χ0) is 21.1. The molecule has 0 amide bonds. The SMILES string of the molecule is COC(=O)c1ccc(F)c(-c2ccc3c(c2)N(C)S(O)(O)N3CC2CC2(F)F)c1. The highest BCUT2D eigenvalue weighted by molar-refractivity contribution is 8.26. The number of benzene rings is 2. The lowest BCUT2D eigenvalue weighted by atomic mass is 10.0. The van der Waals surface area contributed by atoms with Gasteiger partial charge in [0.1, 0.15) is 5.82 Å². The van der Waals surface area contributed by atoms with Crippen LogP contribution in [0.15, 0.2) is 36.4 Å². The van der Waals surface area contributed by atoms with Gasteiger partial charge in [0.25, 0.3) is 5.92 Å². The Morgan fingerprint density at radius 2 is 1.93 bits per heavy atom. The van der Waals surface area contributed by atoms with E-state index in [9.17, 15) is 27.1 Å². The average Bonchev–Trinajstić information content (AvgIpc) is 3.25. The second kappa shape index (κ2) is 6.54. The van der Waals surface area contributed by atoms with Crippen molar-refractivity contribution in [1.29, 1.82) is 0 Å². The molecule has 1 fully saturated rings. The number of hydrogen-bond donors (Lipinski definition) is 2. The molecule has 0 spiro atoms. The van der Waals surface area contributed by atoms with Crippen molar-refractivity contribution < 1.29 is 31.8 Å². The number of anilines is 2. The quantitative estimate of drug-likeness (QED) is 0.684. The number of ether oxygens (including phenoxy) is 1. The number of esters is 1. The highest BCUT2D eigenvalue weighted by Crippen LogP contribution is 2.63. The Kier molecular flexibility index (Phi) is 4.48. The molecule has 10 heteroatoms. The molecular weight excluding hydrogens is 409 g/mol. The molecule has 2 aromatic carbocycles. The Balaban J connectivity index is 1.73. The van der Waals surface area contributed by atoms with E-state index in [0.717, 1.165) is 6.07 Å². The highest BCUT2D eigenvalue weighted by atomic mass is 32.3. The molecule has 0 radical (unpaired) electrons. The van der Waals surface area contributed by atoms with Crippen LogP contribution in [0.5, 0.6) is 0 Å². The maximum absolute atomic E-state index is 14.4. The molecule has 1 aliphatic carbocycles. The van der Waals surface area contributed by atoms with E-state index in [2.05, 4.69) is 4.74 Å². The van der Waals surface area contributed by atoms with Crippen molar-refractivity contribution >= 4 is 28.3 Å². The molecule has 2 N–H and O–H groups in total. The fourth-order valence-electron chi connectivity index (χ4n) is 3.42. The van der Waals surface area contributed by atoms with Crippen LogP contribution >= 0.6 is 11.0 Å². The number of hydrogen-bond acceptors (Lipinski definition) is 6. The van der Waals surface area contributed by atoms with Gasteiger partial charge in [-0.15, -0.1) is 0 Å². The van der Waals surface area contributed by atoms with Crippen LogP contribution in [0.4, 0.5) is 24.5 Å². The first kappa shape index (κ1) is 19.9. The van der Waals surface area contributed by atoms with E-state index in [1.54, 1.807) is 6.07 Å². The van der Waals surface area contributed by atoms with Crippen LogP contribution in [0.2, 0.25) is 0 Å². The molecule has 0 saturated heterocycles. The summed E-state index contributed by atoms with van der Waals surface area (Å²) in [6, 6.07) is 8.41. The van der Waals surface area contributed by atoms with Crippen molar-refractivity contribution in [2.45, 2.75) is 12.3 Å². The Hall–Kier alpha value is -2.43. The maximum atomic E-state index is 14.4. The van der Waals surface area contributed by atoms with Crippen LogP contribution in [0, 0.1) is 11.7 Å². The summed E-state index contributed by atoms with van der Waals surface area (Å²) in [5.41, 5.74) is 1.44. The minimum absolute atomic E-state index is 0.132. The van der Waals surface area contributed by atoms with Gasteiger partial charge in [-0.05, 0) is 46.9 Å².